The van der Waals surface area contributed by atoms with Crippen LogP contribution in [0.15, 0.2) is 37.8 Å². The van der Waals surface area contributed by atoms with E-state index in [9.17, 15) is 30.0 Å². The van der Waals surface area contributed by atoms with E-state index in [1.165, 1.54) is 0 Å². The third kappa shape index (κ3) is 3.79. The second kappa shape index (κ2) is 5.88. The SMILES string of the molecule is O=S(=O)(Cl)c1ccc(S(=O)(=O)c2ncc(C(F)(F)F)cc2Cl)s1. The van der Waals surface area contributed by atoms with Gasteiger partial charge in [-0.1, -0.05) is 11.6 Å². The molecule has 2 rings (SSSR count). The van der Waals surface area contributed by atoms with E-state index in [-0.39, 0.29) is 0 Å². The Morgan fingerprint density at radius 3 is 2.09 bits per heavy atom. The van der Waals surface area contributed by atoms with Gasteiger partial charge >= 0.3 is 6.18 Å². The van der Waals surface area contributed by atoms with Crippen LogP contribution in [0.2, 0.25) is 5.02 Å². The van der Waals surface area contributed by atoms with Crippen molar-refractivity contribution in [2.24, 2.45) is 0 Å². The molecule has 0 fully saturated rings. The third-order valence-electron chi connectivity index (χ3n) is 2.45. The second-order valence-electron chi connectivity index (χ2n) is 4.02. The van der Waals surface area contributed by atoms with Gasteiger partial charge in [0.25, 0.3) is 9.05 Å². The number of halogens is 5. The lowest BCUT2D eigenvalue weighted by atomic mass is 10.3. The van der Waals surface area contributed by atoms with Crippen LogP contribution in [0.1, 0.15) is 5.56 Å². The van der Waals surface area contributed by atoms with Crippen molar-refractivity contribution in [3.63, 3.8) is 0 Å². The molecule has 0 saturated carbocycles. The average Bonchev–Trinajstić information content (AvgIpc) is 2.87. The van der Waals surface area contributed by atoms with Crippen LogP contribution in [0, 0.1) is 0 Å². The monoisotopic (exact) mass is 425 g/mol. The summed E-state index contributed by atoms with van der Waals surface area (Å²) >= 11 is 5.92. The highest BCUT2D eigenvalue weighted by Gasteiger charge is 2.34. The molecule has 2 aromatic heterocycles. The smallest absolute Gasteiger partial charge is 0.242 e. The Hall–Kier alpha value is -0.880. The molecule has 5 nitrogen and oxygen atoms in total. The largest absolute Gasteiger partial charge is 0.417 e. The fourth-order valence-electron chi connectivity index (χ4n) is 1.45. The van der Waals surface area contributed by atoms with Crippen molar-refractivity contribution >= 4 is 52.5 Å². The van der Waals surface area contributed by atoms with Gasteiger partial charge in [0, 0.05) is 16.9 Å². The molecule has 0 spiro atoms. The van der Waals surface area contributed by atoms with Gasteiger partial charge in [0.15, 0.2) is 5.03 Å². The van der Waals surface area contributed by atoms with E-state index in [0.717, 1.165) is 12.1 Å². The number of hydrogen-bond acceptors (Lipinski definition) is 6. The van der Waals surface area contributed by atoms with Crippen molar-refractivity contribution in [1.82, 2.24) is 4.98 Å². The lowest BCUT2D eigenvalue weighted by molar-refractivity contribution is -0.137. The van der Waals surface area contributed by atoms with Gasteiger partial charge in [0.1, 0.15) is 8.42 Å². The summed E-state index contributed by atoms with van der Waals surface area (Å²) in [4.78, 5) is 3.25. The van der Waals surface area contributed by atoms with E-state index >= 15 is 0 Å². The van der Waals surface area contributed by atoms with E-state index in [0.29, 0.717) is 23.6 Å². The zero-order valence-corrected chi connectivity index (χ0v) is 14.5. The molecular formula is C10H4Cl2F3NO4S3. The first-order valence-electron chi connectivity index (χ1n) is 5.36. The fraction of sp³-hybridized carbons (Fsp3) is 0.100. The number of aromatic nitrogens is 1. The predicted molar refractivity (Wildman–Crippen MR) is 77.1 cm³/mol. The molecule has 0 unspecified atom stereocenters. The molecule has 0 aliphatic carbocycles. The number of sulfone groups is 1. The summed E-state index contributed by atoms with van der Waals surface area (Å²) in [5.41, 5.74) is -1.21. The molecule has 2 heterocycles. The topological polar surface area (TPSA) is 81.2 Å². The van der Waals surface area contributed by atoms with Crippen molar-refractivity contribution in [3.8, 4) is 0 Å². The fourth-order valence-corrected chi connectivity index (χ4v) is 5.78. The van der Waals surface area contributed by atoms with Crippen LogP contribution < -0.4 is 0 Å². The van der Waals surface area contributed by atoms with Crippen LogP contribution in [0.3, 0.4) is 0 Å². The van der Waals surface area contributed by atoms with Crippen LogP contribution in [0.5, 0.6) is 0 Å². The molecule has 0 atom stereocenters. The molecule has 126 valence electrons. The first-order chi connectivity index (χ1) is 10.3. The Bertz CT molecular complexity index is 967. The molecule has 0 bridgehead atoms. The molecule has 0 saturated heterocycles. The number of rotatable bonds is 3. The number of hydrogen-bond donors (Lipinski definition) is 0. The lowest BCUT2D eigenvalue weighted by Gasteiger charge is -2.08. The number of pyridine rings is 1. The molecule has 2 aromatic rings. The maximum atomic E-state index is 12.5. The first kappa shape index (κ1) is 18.5. The first-order valence-corrected chi connectivity index (χ1v) is 10.3. The van der Waals surface area contributed by atoms with Gasteiger partial charge < -0.3 is 0 Å². The van der Waals surface area contributed by atoms with E-state index in [1.807, 2.05) is 0 Å². The summed E-state index contributed by atoms with van der Waals surface area (Å²) in [7, 11) is -3.43. The highest BCUT2D eigenvalue weighted by atomic mass is 35.7. The van der Waals surface area contributed by atoms with Crippen molar-refractivity contribution in [1.29, 1.82) is 0 Å². The Kier molecular flexibility index (Phi) is 4.72. The van der Waals surface area contributed by atoms with E-state index in [1.54, 1.807) is 0 Å². The summed E-state index contributed by atoms with van der Waals surface area (Å²) in [5, 5.41) is -1.55. The van der Waals surface area contributed by atoms with Crippen molar-refractivity contribution in [3.05, 3.63) is 35.0 Å². The van der Waals surface area contributed by atoms with Gasteiger partial charge in [-0.3, -0.25) is 0 Å². The maximum Gasteiger partial charge on any atom is 0.417 e. The lowest BCUT2D eigenvalue weighted by Crippen LogP contribution is -2.09. The molecule has 0 aliphatic heterocycles. The highest BCUT2D eigenvalue weighted by Crippen LogP contribution is 2.36. The minimum atomic E-state index is -4.73. The maximum absolute atomic E-state index is 12.5. The summed E-state index contributed by atoms with van der Waals surface area (Å²) in [6, 6.07) is 2.33. The van der Waals surface area contributed by atoms with E-state index < -0.39 is 49.1 Å². The summed E-state index contributed by atoms with van der Waals surface area (Å²) in [5.74, 6) is 0. The van der Waals surface area contributed by atoms with Gasteiger partial charge in [0.05, 0.1) is 10.6 Å². The second-order valence-corrected chi connectivity index (χ2v) is 10.4. The minimum Gasteiger partial charge on any atom is -0.242 e. The minimum absolute atomic E-state index is 0.325. The third-order valence-corrected chi connectivity index (χ3v) is 8.23. The molecule has 13 heteroatoms. The molecule has 23 heavy (non-hydrogen) atoms. The van der Waals surface area contributed by atoms with Crippen LogP contribution >= 0.6 is 33.6 Å². The summed E-state index contributed by atoms with van der Waals surface area (Å²) in [6.07, 6.45) is -4.41. The molecule has 0 N–H and O–H groups in total. The van der Waals surface area contributed by atoms with E-state index in [4.69, 9.17) is 22.3 Å². The van der Waals surface area contributed by atoms with Gasteiger partial charge in [-0.05, 0) is 18.2 Å². The van der Waals surface area contributed by atoms with Crippen LogP contribution in [-0.4, -0.2) is 21.8 Å². The standard InChI is InChI=1S/C10H4Cl2F3NO4S3/c11-6-3-5(10(13,14)15)4-16-9(6)22(17,18)7-1-2-8(21-7)23(12,19)20/h1-4H. The predicted octanol–water partition coefficient (Wildman–Crippen LogP) is 3.58. The van der Waals surface area contributed by atoms with Crippen LogP contribution in [0.25, 0.3) is 0 Å². The number of thiophene rings is 1. The summed E-state index contributed by atoms with van der Waals surface area (Å²) in [6.45, 7) is 0. The van der Waals surface area contributed by atoms with Gasteiger partial charge in [-0.2, -0.15) is 13.2 Å². The Morgan fingerprint density at radius 2 is 1.65 bits per heavy atom. The zero-order valence-electron chi connectivity index (χ0n) is 10.5. The zero-order chi connectivity index (χ0) is 17.6. The Balaban J connectivity index is 2.55. The van der Waals surface area contributed by atoms with Crippen LogP contribution in [-0.2, 0) is 25.1 Å². The molecule has 0 amide bonds. The molecule has 0 aliphatic rings. The Labute approximate surface area is 142 Å². The van der Waals surface area contributed by atoms with Gasteiger partial charge in [0.2, 0.25) is 9.84 Å². The highest BCUT2D eigenvalue weighted by molar-refractivity contribution is 8.15. The van der Waals surface area contributed by atoms with E-state index in [2.05, 4.69) is 4.98 Å². The quantitative estimate of drug-likeness (QED) is 0.701. The number of alkyl halides is 3. The number of nitrogens with zero attached hydrogens (tertiary/aromatic N) is 1. The van der Waals surface area contributed by atoms with Crippen molar-refractivity contribution in [2.45, 2.75) is 19.6 Å². The average molecular weight is 426 g/mol. The Morgan fingerprint density at radius 1 is 1.09 bits per heavy atom. The van der Waals surface area contributed by atoms with Gasteiger partial charge in [-0.15, -0.1) is 11.3 Å². The normalized spacial score (nSPS) is 13.3. The molecule has 0 aromatic carbocycles. The van der Waals surface area contributed by atoms with Gasteiger partial charge in [-0.25, -0.2) is 21.8 Å². The molecular weight excluding hydrogens is 422 g/mol. The van der Waals surface area contributed by atoms with Crippen molar-refractivity contribution in [2.75, 3.05) is 0 Å². The van der Waals surface area contributed by atoms with Crippen LogP contribution in [0.4, 0.5) is 13.2 Å². The molecule has 0 radical (unpaired) electrons. The van der Waals surface area contributed by atoms with Crippen molar-refractivity contribution < 1.29 is 30.0 Å². The summed E-state index contributed by atoms with van der Waals surface area (Å²) < 4.78 is 83.6.